The molecule has 2 N–H and O–H groups in total. The van der Waals surface area contributed by atoms with Gasteiger partial charge in [0.1, 0.15) is 0 Å². The number of hydrogen-bond donors (Lipinski definition) is 2. The molecule has 5 heteroatoms. The predicted molar refractivity (Wildman–Crippen MR) is 77.0 cm³/mol. The van der Waals surface area contributed by atoms with E-state index < -0.39 is 0 Å². The maximum Gasteiger partial charge on any atom is 0.258 e. The summed E-state index contributed by atoms with van der Waals surface area (Å²) in [6.45, 7) is 2.04. The number of aromatic nitrogens is 2. The van der Waals surface area contributed by atoms with Gasteiger partial charge in [-0.05, 0) is 36.2 Å². The van der Waals surface area contributed by atoms with Crippen LogP contribution in [0, 0.1) is 6.92 Å². The quantitative estimate of drug-likeness (QED) is 0.722. The Morgan fingerprint density at radius 1 is 1.05 bits per heavy atom. The Bertz CT molecular complexity index is 781. The van der Waals surface area contributed by atoms with Crippen molar-refractivity contribution in [2.45, 2.75) is 13.3 Å². The number of hydrogen-bond acceptors (Lipinski definition) is 5. The Kier molecular flexibility index (Phi) is 3.31. The first kappa shape index (κ1) is 13.2. The van der Waals surface area contributed by atoms with E-state index in [2.05, 4.69) is 10.1 Å². The normalized spacial score (nSPS) is 10.7. The van der Waals surface area contributed by atoms with Gasteiger partial charge in [-0.3, -0.25) is 0 Å². The first-order valence-corrected chi connectivity index (χ1v) is 6.53. The molecule has 0 aliphatic heterocycles. The molecule has 0 aliphatic carbocycles. The summed E-state index contributed by atoms with van der Waals surface area (Å²) in [6, 6.07) is 12.4. The van der Waals surface area contributed by atoms with E-state index in [0.717, 1.165) is 5.56 Å². The van der Waals surface area contributed by atoms with Crippen LogP contribution in [0.25, 0.3) is 11.5 Å². The lowest BCUT2D eigenvalue weighted by atomic mass is 10.1. The van der Waals surface area contributed by atoms with E-state index in [0.29, 0.717) is 23.7 Å². The molecule has 0 atom stereocenters. The fraction of sp³-hybridized carbons (Fsp3) is 0.125. The van der Waals surface area contributed by atoms with Crippen LogP contribution in [-0.2, 0) is 6.42 Å². The highest BCUT2D eigenvalue weighted by Crippen LogP contribution is 2.29. The lowest BCUT2D eigenvalue weighted by molar-refractivity contribution is 0.402. The van der Waals surface area contributed by atoms with Gasteiger partial charge in [0.05, 0.1) is 0 Å². The van der Waals surface area contributed by atoms with Crippen molar-refractivity contribution in [3.63, 3.8) is 0 Å². The van der Waals surface area contributed by atoms with Crippen LogP contribution >= 0.6 is 0 Å². The molecule has 0 bridgehead atoms. The van der Waals surface area contributed by atoms with E-state index in [9.17, 15) is 10.2 Å². The molecule has 0 radical (unpaired) electrons. The number of aromatic hydroxyl groups is 2. The molecule has 1 heterocycles. The second kappa shape index (κ2) is 5.28. The lowest BCUT2D eigenvalue weighted by Gasteiger charge is -2.01. The molecule has 0 aliphatic rings. The summed E-state index contributed by atoms with van der Waals surface area (Å²) in [5.41, 5.74) is 2.87. The van der Waals surface area contributed by atoms with Crippen LogP contribution in [0.5, 0.6) is 11.5 Å². The molecule has 3 aromatic rings. The highest BCUT2D eigenvalue weighted by Gasteiger charge is 2.12. The first-order valence-electron chi connectivity index (χ1n) is 6.53. The number of nitrogens with zero attached hydrogens (tertiary/aromatic N) is 2. The van der Waals surface area contributed by atoms with Gasteiger partial charge in [-0.15, -0.1) is 0 Å². The minimum Gasteiger partial charge on any atom is -0.504 e. The van der Waals surface area contributed by atoms with Crippen LogP contribution in [0.4, 0.5) is 0 Å². The topological polar surface area (TPSA) is 79.4 Å². The molecule has 1 aromatic heterocycles. The molecule has 3 rings (SSSR count). The Morgan fingerprint density at radius 3 is 2.62 bits per heavy atom. The van der Waals surface area contributed by atoms with Crippen molar-refractivity contribution in [3.05, 3.63) is 59.4 Å². The highest BCUT2D eigenvalue weighted by molar-refractivity contribution is 5.58. The summed E-state index contributed by atoms with van der Waals surface area (Å²) in [5, 5.41) is 22.8. The Balaban J connectivity index is 1.86. The predicted octanol–water partition coefficient (Wildman–Crippen LogP) is 3.05. The molecular weight excluding hydrogens is 268 g/mol. The van der Waals surface area contributed by atoms with Gasteiger partial charge in [0.2, 0.25) is 0 Å². The third-order valence-corrected chi connectivity index (χ3v) is 3.30. The van der Waals surface area contributed by atoms with Gasteiger partial charge in [0, 0.05) is 12.0 Å². The van der Waals surface area contributed by atoms with Crippen LogP contribution in [-0.4, -0.2) is 20.4 Å². The van der Waals surface area contributed by atoms with Gasteiger partial charge in [0.15, 0.2) is 17.3 Å². The molecule has 0 fully saturated rings. The first-order chi connectivity index (χ1) is 10.1. The minimum atomic E-state index is -0.217. The Labute approximate surface area is 121 Å². The van der Waals surface area contributed by atoms with Crippen LogP contribution in [0.15, 0.2) is 47.0 Å². The van der Waals surface area contributed by atoms with Crippen LogP contribution in [0.2, 0.25) is 0 Å². The maximum atomic E-state index is 9.50. The lowest BCUT2D eigenvalue weighted by Crippen LogP contribution is -1.93. The summed E-state index contributed by atoms with van der Waals surface area (Å²) < 4.78 is 5.20. The summed E-state index contributed by atoms with van der Waals surface area (Å²) in [7, 11) is 0. The zero-order valence-electron chi connectivity index (χ0n) is 11.4. The van der Waals surface area contributed by atoms with E-state index in [1.54, 1.807) is 6.07 Å². The SMILES string of the molecule is Cc1ccccc1Cc1noc(-c2ccc(O)c(O)c2)n1. The number of aryl methyl sites for hydroxylation is 1. The van der Waals surface area contributed by atoms with Gasteiger partial charge < -0.3 is 14.7 Å². The number of rotatable bonds is 3. The van der Waals surface area contributed by atoms with Gasteiger partial charge in [-0.1, -0.05) is 29.4 Å². The summed E-state index contributed by atoms with van der Waals surface area (Å²) in [4.78, 5) is 4.32. The third-order valence-electron chi connectivity index (χ3n) is 3.30. The van der Waals surface area contributed by atoms with Crippen molar-refractivity contribution in [3.8, 4) is 23.0 Å². The van der Waals surface area contributed by atoms with Crippen LogP contribution in [0.3, 0.4) is 0 Å². The van der Waals surface area contributed by atoms with E-state index in [1.165, 1.54) is 17.7 Å². The summed E-state index contributed by atoms with van der Waals surface area (Å²) in [6.07, 6.45) is 0.584. The molecule has 0 unspecified atom stereocenters. The number of phenolic OH excluding ortho intramolecular Hbond substituents is 2. The second-order valence-corrected chi connectivity index (χ2v) is 4.82. The standard InChI is InChI=1S/C16H14N2O3/c1-10-4-2-3-5-11(10)9-15-17-16(21-18-15)12-6-7-13(19)14(20)8-12/h2-8,19-20H,9H2,1H3. The van der Waals surface area contributed by atoms with Crippen molar-refractivity contribution < 1.29 is 14.7 Å². The molecule has 0 spiro atoms. The Hall–Kier alpha value is -2.82. The average Bonchev–Trinajstić information content (AvgIpc) is 2.93. The van der Waals surface area contributed by atoms with E-state index in [1.807, 2.05) is 31.2 Å². The van der Waals surface area contributed by atoms with Gasteiger partial charge in [0.25, 0.3) is 5.89 Å². The minimum absolute atomic E-state index is 0.182. The molecule has 2 aromatic carbocycles. The number of benzene rings is 2. The average molecular weight is 282 g/mol. The van der Waals surface area contributed by atoms with E-state index in [4.69, 9.17) is 4.52 Å². The maximum absolute atomic E-state index is 9.50. The second-order valence-electron chi connectivity index (χ2n) is 4.82. The van der Waals surface area contributed by atoms with Gasteiger partial charge >= 0.3 is 0 Å². The fourth-order valence-corrected chi connectivity index (χ4v) is 2.08. The van der Waals surface area contributed by atoms with E-state index >= 15 is 0 Å². The zero-order valence-corrected chi connectivity index (χ0v) is 11.4. The Morgan fingerprint density at radius 2 is 1.86 bits per heavy atom. The molecule has 0 saturated carbocycles. The zero-order chi connectivity index (χ0) is 14.8. The monoisotopic (exact) mass is 282 g/mol. The van der Waals surface area contributed by atoms with Crippen molar-refractivity contribution in [1.29, 1.82) is 0 Å². The number of phenols is 2. The molecule has 5 nitrogen and oxygen atoms in total. The van der Waals surface area contributed by atoms with E-state index in [-0.39, 0.29) is 11.5 Å². The largest absolute Gasteiger partial charge is 0.504 e. The smallest absolute Gasteiger partial charge is 0.258 e. The summed E-state index contributed by atoms with van der Waals surface area (Å²) >= 11 is 0. The molecule has 0 amide bonds. The molecular formula is C16H14N2O3. The highest BCUT2D eigenvalue weighted by atomic mass is 16.5. The molecule has 0 saturated heterocycles. The molecule has 21 heavy (non-hydrogen) atoms. The fourth-order valence-electron chi connectivity index (χ4n) is 2.08. The van der Waals surface area contributed by atoms with Crippen molar-refractivity contribution in [1.82, 2.24) is 10.1 Å². The molecule has 106 valence electrons. The summed E-state index contributed by atoms with van der Waals surface area (Å²) in [5.74, 6) is 0.491. The van der Waals surface area contributed by atoms with Gasteiger partial charge in [-0.2, -0.15) is 4.98 Å². The van der Waals surface area contributed by atoms with Gasteiger partial charge in [-0.25, -0.2) is 0 Å². The van der Waals surface area contributed by atoms with Crippen LogP contribution < -0.4 is 0 Å². The van der Waals surface area contributed by atoms with Crippen LogP contribution in [0.1, 0.15) is 17.0 Å². The van der Waals surface area contributed by atoms with Crippen molar-refractivity contribution >= 4 is 0 Å². The van der Waals surface area contributed by atoms with Crippen molar-refractivity contribution in [2.75, 3.05) is 0 Å². The van der Waals surface area contributed by atoms with Crippen molar-refractivity contribution in [2.24, 2.45) is 0 Å². The third kappa shape index (κ3) is 2.72.